The first-order chi connectivity index (χ1) is 15.0. The Morgan fingerprint density at radius 3 is 2.61 bits per heavy atom. The van der Waals surface area contributed by atoms with Crippen molar-refractivity contribution in [3.63, 3.8) is 0 Å². The van der Waals surface area contributed by atoms with Crippen molar-refractivity contribution in [1.82, 2.24) is 24.6 Å². The maximum Gasteiger partial charge on any atom is 0.408 e. The molecule has 2 aliphatic rings. The molecule has 3 aromatic rings. The molecular weight excluding hydrogens is 421 g/mol. The molecule has 1 fully saturated rings. The highest BCUT2D eigenvalue weighted by molar-refractivity contribution is 6.30. The van der Waals surface area contributed by atoms with Crippen LogP contribution in [0, 0.1) is 5.82 Å². The molecule has 1 aliphatic heterocycles. The third-order valence-electron chi connectivity index (χ3n) is 6.27. The number of hydrogen-bond donors (Lipinski definition) is 1. The maximum atomic E-state index is 14.2. The van der Waals surface area contributed by atoms with Gasteiger partial charge in [-0.05, 0) is 61.6 Å². The number of amides is 1. The molecule has 0 bridgehead atoms. The van der Waals surface area contributed by atoms with E-state index in [-0.39, 0.29) is 30.7 Å². The van der Waals surface area contributed by atoms with Gasteiger partial charge >= 0.3 is 6.09 Å². The van der Waals surface area contributed by atoms with Crippen molar-refractivity contribution in [1.29, 1.82) is 0 Å². The molecule has 9 heteroatoms. The second kappa shape index (κ2) is 7.92. The van der Waals surface area contributed by atoms with Gasteiger partial charge in [-0.2, -0.15) is 0 Å². The number of nitrogens with zero attached hydrogens (tertiary/aromatic N) is 5. The van der Waals surface area contributed by atoms with Gasteiger partial charge in [-0.25, -0.2) is 9.18 Å². The Morgan fingerprint density at radius 1 is 1.10 bits per heavy atom. The van der Waals surface area contributed by atoms with Crippen LogP contribution in [0.5, 0.6) is 0 Å². The van der Waals surface area contributed by atoms with Crippen LogP contribution in [0.25, 0.3) is 5.69 Å². The largest absolute Gasteiger partial charge is 0.465 e. The first-order valence-electron chi connectivity index (χ1n) is 10.3. The van der Waals surface area contributed by atoms with Crippen molar-refractivity contribution in [2.75, 3.05) is 0 Å². The van der Waals surface area contributed by atoms with Crippen LogP contribution in [0.4, 0.5) is 9.18 Å². The lowest BCUT2D eigenvalue weighted by molar-refractivity contribution is 0.139. The van der Waals surface area contributed by atoms with Crippen molar-refractivity contribution < 1.29 is 14.3 Å². The minimum atomic E-state index is -1.01. The molecule has 5 rings (SSSR count). The normalized spacial score (nSPS) is 20.6. The zero-order chi connectivity index (χ0) is 21.5. The van der Waals surface area contributed by atoms with E-state index in [2.05, 4.69) is 15.2 Å². The summed E-state index contributed by atoms with van der Waals surface area (Å²) in [5, 5.41) is 19.0. The quantitative estimate of drug-likeness (QED) is 0.612. The zero-order valence-electron chi connectivity index (χ0n) is 16.7. The summed E-state index contributed by atoms with van der Waals surface area (Å²) in [7, 11) is 0. The molecule has 1 aliphatic carbocycles. The molecule has 0 unspecified atom stereocenters. The van der Waals surface area contributed by atoms with Crippen LogP contribution in [-0.4, -0.2) is 35.8 Å². The number of benzene rings is 1. The van der Waals surface area contributed by atoms with Gasteiger partial charge in [0.25, 0.3) is 0 Å². The van der Waals surface area contributed by atoms with E-state index in [1.54, 1.807) is 24.4 Å². The smallest absolute Gasteiger partial charge is 0.408 e. The van der Waals surface area contributed by atoms with Gasteiger partial charge in [0.15, 0.2) is 5.82 Å². The number of carboxylic acid groups (broad SMARTS) is 1. The summed E-state index contributed by atoms with van der Waals surface area (Å²) in [6, 6.07) is 8.56. The average Bonchev–Trinajstić information content (AvgIpc) is 3.10. The highest BCUT2D eigenvalue weighted by Gasteiger charge is 2.32. The molecule has 1 amide bonds. The third kappa shape index (κ3) is 3.65. The van der Waals surface area contributed by atoms with Gasteiger partial charge < -0.3 is 5.11 Å². The summed E-state index contributed by atoms with van der Waals surface area (Å²) >= 11 is 6.19. The Balaban J connectivity index is 1.47. The lowest BCUT2D eigenvalue weighted by Gasteiger charge is -2.28. The Bertz CT molecular complexity index is 1140. The Hall–Kier alpha value is -3.00. The summed E-state index contributed by atoms with van der Waals surface area (Å²) in [6.45, 7) is 0.392. The first kappa shape index (κ1) is 19.9. The monoisotopic (exact) mass is 441 g/mol. The van der Waals surface area contributed by atoms with Gasteiger partial charge in [-0.1, -0.05) is 11.6 Å². The molecule has 160 valence electrons. The van der Waals surface area contributed by atoms with Crippen LogP contribution in [0.15, 0.2) is 36.5 Å². The van der Waals surface area contributed by atoms with Crippen molar-refractivity contribution in [3.8, 4) is 5.69 Å². The van der Waals surface area contributed by atoms with E-state index < -0.39 is 6.09 Å². The zero-order valence-corrected chi connectivity index (χ0v) is 17.5. The van der Waals surface area contributed by atoms with E-state index >= 15 is 0 Å². The topological polar surface area (TPSA) is 84.1 Å². The molecule has 3 heterocycles. The number of pyridine rings is 1. The number of rotatable bonds is 2. The minimum Gasteiger partial charge on any atom is -0.465 e. The molecule has 1 aromatic carbocycles. The average molecular weight is 442 g/mol. The molecule has 1 saturated carbocycles. The van der Waals surface area contributed by atoms with Crippen LogP contribution in [0.1, 0.15) is 60.4 Å². The number of halogens is 2. The Labute approximate surface area is 183 Å². The number of hydrogen-bond acceptors (Lipinski definition) is 4. The van der Waals surface area contributed by atoms with Gasteiger partial charge in [0, 0.05) is 23.1 Å². The predicted molar refractivity (Wildman–Crippen MR) is 112 cm³/mol. The molecule has 0 saturated heterocycles. The van der Waals surface area contributed by atoms with Crippen LogP contribution in [0.2, 0.25) is 5.02 Å². The Morgan fingerprint density at radius 2 is 1.87 bits per heavy atom. The van der Waals surface area contributed by atoms with E-state index in [1.165, 1.54) is 11.0 Å². The molecule has 7 nitrogen and oxygen atoms in total. The van der Waals surface area contributed by atoms with E-state index in [9.17, 15) is 14.3 Å². The second-order valence-electron chi connectivity index (χ2n) is 8.14. The van der Waals surface area contributed by atoms with Gasteiger partial charge in [-0.3, -0.25) is 14.5 Å². The van der Waals surface area contributed by atoms with E-state index in [1.807, 2.05) is 10.6 Å². The predicted octanol–water partition coefficient (Wildman–Crippen LogP) is 4.89. The fraction of sp³-hybridized carbons (Fsp3) is 0.364. The molecule has 31 heavy (non-hydrogen) atoms. The van der Waals surface area contributed by atoms with Crippen molar-refractivity contribution in [2.24, 2.45) is 0 Å². The lowest BCUT2D eigenvalue weighted by Crippen LogP contribution is -2.27. The Kier molecular flexibility index (Phi) is 5.09. The van der Waals surface area contributed by atoms with Crippen molar-refractivity contribution >= 4 is 17.7 Å². The van der Waals surface area contributed by atoms with E-state index in [0.29, 0.717) is 16.5 Å². The fourth-order valence-electron chi connectivity index (χ4n) is 4.75. The SMILES string of the molecule is O=C(O)N1Cc2cc(Cl)ccc2-n2c(nnc2C2CCC(c3ncccc3F)CC2)C1. The van der Waals surface area contributed by atoms with E-state index in [4.69, 9.17) is 11.6 Å². The minimum absolute atomic E-state index is 0.0950. The summed E-state index contributed by atoms with van der Waals surface area (Å²) in [5.74, 6) is 1.42. The highest BCUT2D eigenvalue weighted by Crippen LogP contribution is 2.41. The van der Waals surface area contributed by atoms with Gasteiger partial charge in [-0.15, -0.1) is 10.2 Å². The molecule has 0 radical (unpaired) electrons. The van der Waals surface area contributed by atoms with Crippen LogP contribution in [0.3, 0.4) is 0 Å². The first-order valence-corrected chi connectivity index (χ1v) is 10.7. The number of aromatic nitrogens is 4. The summed E-state index contributed by atoms with van der Waals surface area (Å²) in [5.41, 5.74) is 2.22. The van der Waals surface area contributed by atoms with Crippen LogP contribution >= 0.6 is 11.6 Å². The van der Waals surface area contributed by atoms with Gasteiger partial charge in [0.05, 0.1) is 24.5 Å². The van der Waals surface area contributed by atoms with Crippen LogP contribution < -0.4 is 0 Å². The molecule has 1 N–H and O–H groups in total. The summed E-state index contributed by atoms with van der Waals surface area (Å²) in [6.07, 6.45) is 3.93. The summed E-state index contributed by atoms with van der Waals surface area (Å²) in [4.78, 5) is 17.3. The summed E-state index contributed by atoms with van der Waals surface area (Å²) < 4.78 is 16.1. The molecule has 0 spiro atoms. The van der Waals surface area contributed by atoms with Gasteiger partial charge in [0.2, 0.25) is 0 Å². The lowest BCUT2D eigenvalue weighted by atomic mass is 9.79. The number of carbonyl (C=O) groups is 1. The second-order valence-corrected chi connectivity index (χ2v) is 8.58. The molecule has 0 atom stereocenters. The molecular formula is C22H21ClFN5O2. The molecule has 2 aromatic heterocycles. The maximum absolute atomic E-state index is 14.2. The third-order valence-corrected chi connectivity index (χ3v) is 6.50. The van der Waals surface area contributed by atoms with Crippen molar-refractivity contribution in [2.45, 2.75) is 50.6 Å². The van der Waals surface area contributed by atoms with E-state index in [0.717, 1.165) is 42.8 Å². The number of fused-ring (bicyclic) bond motifs is 3. The van der Waals surface area contributed by atoms with Crippen molar-refractivity contribution in [3.05, 3.63) is 70.3 Å². The fourth-order valence-corrected chi connectivity index (χ4v) is 4.94. The highest BCUT2D eigenvalue weighted by atomic mass is 35.5. The van der Waals surface area contributed by atoms with Gasteiger partial charge in [0.1, 0.15) is 11.6 Å². The van der Waals surface area contributed by atoms with Crippen LogP contribution in [-0.2, 0) is 13.1 Å². The standard InChI is InChI=1S/C22H21ClFN5O2/c23-16-7-8-18-15(10-16)11-28(22(30)31)12-19-26-27-21(29(18)19)14-5-3-13(4-6-14)20-17(24)2-1-9-25-20/h1-2,7-10,13-14H,3-6,11-12H2,(H,30,31).